The van der Waals surface area contributed by atoms with E-state index in [1.54, 1.807) is 0 Å². The molecule has 0 heterocycles. The number of hydrogen-bond acceptors (Lipinski definition) is 10. The molecule has 1 aromatic rings. The Kier molecular flexibility index (Phi) is 4.16. The molecule has 0 aliphatic heterocycles. The molecule has 0 radical (unpaired) electrons. The molecule has 0 spiro atoms. The van der Waals surface area contributed by atoms with Crippen molar-refractivity contribution in [3.05, 3.63) is 46.2 Å². The molecule has 0 bridgehead atoms. The smallest absolute Gasteiger partial charge is 0.255 e. The molecule has 1 amide bonds. The molecule has 1 saturated carbocycles. The highest BCUT2D eigenvalue weighted by molar-refractivity contribution is 6.24. The number of aliphatic hydroxyl groups excluding tert-OH is 3. The number of benzene rings is 1. The highest BCUT2D eigenvalue weighted by Crippen LogP contribution is 2.56. The van der Waals surface area contributed by atoms with Crippen LogP contribution in [0.1, 0.15) is 18.1 Å². The van der Waals surface area contributed by atoms with Crippen LogP contribution >= 0.6 is 0 Å². The molecule has 164 valence electrons. The van der Waals surface area contributed by atoms with Gasteiger partial charge in [-0.25, -0.2) is 0 Å². The Bertz CT molecular complexity index is 1140. The van der Waals surface area contributed by atoms with Gasteiger partial charge in [-0.15, -0.1) is 0 Å². The van der Waals surface area contributed by atoms with Gasteiger partial charge >= 0.3 is 0 Å². The van der Waals surface area contributed by atoms with Gasteiger partial charge in [-0.2, -0.15) is 0 Å². The van der Waals surface area contributed by atoms with Crippen LogP contribution in [0.5, 0.6) is 5.75 Å². The van der Waals surface area contributed by atoms with E-state index in [2.05, 4.69) is 0 Å². The van der Waals surface area contributed by atoms with E-state index in [0.29, 0.717) is 0 Å². The van der Waals surface area contributed by atoms with Gasteiger partial charge < -0.3 is 42.1 Å². The molecule has 3 aliphatic carbocycles. The quantitative estimate of drug-likeness (QED) is 0.228. The molecule has 4 rings (SSSR count). The lowest BCUT2D eigenvalue weighted by molar-refractivity contribution is -0.175. The van der Waals surface area contributed by atoms with Crippen molar-refractivity contribution in [2.75, 3.05) is 0 Å². The summed E-state index contributed by atoms with van der Waals surface area (Å²) in [6.45, 7) is 1.21. The summed E-state index contributed by atoms with van der Waals surface area (Å²) in [6.07, 6.45) is -1.94. The van der Waals surface area contributed by atoms with E-state index >= 15 is 0 Å². The number of amides is 1. The summed E-state index contributed by atoms with van der Waals surface area (Å²) in [5.74, 6) is -10.3. The minimum Gasteiger partial charge on any atom is -0.508 e. The van der Waals surface area contributed by atoms with Gasteiger partial charge in [0.1, 0.15) is 22.8 Å². The molecule has 2 unspecified atom stereocenters. The number of aromatic hydroxyl groups is 1. The number of aliphatic hydroxyl groups is 5. The zero-order valence-corrected chi connectivity index (χ0v) is 16.1. The lowest BCUT2D eigenvalue weighted by Crippen LogP contribution is -2.71. The number of carbonyl (C=O) groups is 3. The normalized spacial score (nSPS) is 37.3. The van der Waals surface area contributed by atoms with Crippen LogP contribution in [0.4, 0.5) is 0 Å². The van der Waals surface area contributed by atoms with Crippen molar-refractivity contribution >= 4 is 23.2 Å². The molecule has 0 aromatic heterocycles. The Labute approximate surface area is 174 Å². The summed E-state index contributed by atoms with van der Waals surface area (Å²) in [4.78, 5) is 37.6. The maximum Gasteiger partial charge on any atom is 0.255 e. The Morgan fingerprint density at radius 2 is 1.74 bits per heavy atom. The van der Waals surface area contributed by atoms with Crippen LogP contribution in [0.2, 0.25) is 0 Å². The number of primary amides is 1. The van der Waals surface area contributed by atoms with E-state index in [-0.39, 0.29) is 11.1 Å². The number of fused-ring (bicyclic) bond motifs is 3. The van der Waals surface area contributed by atoms with Gasteiger partial charge in [-0.3, -0.25) is 14.4 Å². The average Bonchev–Trinajstić information content (AvgIpc) is 2.67. The average molecular weight is 432 g/mol. The molecule has 0 saturated heterocycles. The molecule has 3 aliphatic rings. The van der Waals surface area contributed by atoms with E-state index in [0.717, 1.165) is 0 Å². The Hall–Kier alpha value is -3.25. The first-order valence-electron chi connectivity index (χ1n) is 9.26. The Balaban J connectivity index is 2.09. The first kappa shape index (κ1) is 21.0. The number of hydrogen-bond donors (Lipinski definition) is 8. The van der Waals surface area contributed by atoms with Crippen LogP contribution in [0.15, 0.2) is 35.1 Å². The number of rotatable bonds is 1. The van der Waals surface area contributed by atoms with Crippen molar-refractivity contribution in [3.63, 3.8) is 0 Å². The highest BCUT2D eigenvalue weighted by Gasteiger charge is 2.69. The maximum absolute atomic E-state index is 13.4. The van der Waals surface area contributed by atoms with E-state index < -0.39 is 81.1 Å². The number of nitrogens with two attached hydrogens (primary N) is 2. The van der Waals surface area contributed by atoms with Gasteiger partial charge in [-0.1, -0.05) is 12.1 Å². The van der Waals surface area contributed by atoms with Crippen molar-refractivity contribution in [1.29, 1.82) is 0 Å². The summed E-state index contributed by atoms with van der Waals surface area (Å²) < 4.78 is 0. The molecule has 11 nitrogen and oxygen atoms in total. The van der Waals surface area contributed by atoms with E-state index in [1.807, 2.05) is 0 Å². The fourth-order valence-corrected chi connectivity index (χ4v) is 5.12. The number of Topliss-reactive ketones (excluding diaryl/α,β-unsaturated/α-hetero) is 2. The second kappa shape index (κ2) is 6.14. The van der Waals surface area contributed by atoms with Crippen LogP contribution in [-0.4, -0.2) is 65.9 Å². The fraction of sp³-hybridized carbons (Fsp3) is 0.350. The largest absolute Gasteiger partial charge is 0.508 e. The van der Waals surface area contributed by atoms with Gasteiger partial charge in [0, 0.05) is 0 Å². The second-order valence-electron chi connectivity index (χ2n) is 8.18. The lowest BCUT2D eigenvalue weighted by atomic mass is 9.53. The third kappa shape index (κ3) is 2.28. The van der Waals surface area contributed by atoms with Crippen LogP contribution in [0, 0.1) is 11.8 Å². The maximum atomic E-state index is 13.4. The molecule has 1 fully saturated rings. The number of ketones is 2. The Morgan fingerprint density at radius 1 is 1.13 bits per heavy atom. The predicted octanol–water partition coefficient (Wildman–Crippen LogP) is -2.00. The van der Waals surface area contributed by atoms with Crippen molar-refractivity contribution in [2.45, 2.75) is 30.3 Å². The summed E-state index contributed by atoms with van der Waals surface area (Å²) in [6, 6.07) is 2.07. The molecule has 6 atom stereocenters. The van der Waals surface area contributed by atoms with Crippen molar-refractivity contribution in [2.24, 2.45) is 23.3 Å². The first-order valence-corrected chi connectivity index (χ1v) is 9.26. The second-order valence-corrected chi connectivity index (χ2v) is 8.18. The molecule has 11 heteroatoms. The predicted molar refractivity (Wildman–Crippen MR) is 102 cm³/mol. The minimum absolute atomic E-state index is 0.0238. The lowest BCUT2D eigenvalue weighted by Gasteiger charge is -2.54. The van der Waals surface area contributed by atoms with Gasteiger partial charge in [0.05, 0.1) is 40.7 Å². The standard InChI is InChI=1S/C20H20N2O9/c1-19(30)5-3-2-4-6(23)7(5)13(24)8-10(19)15(26)11-12(21)14(25)9(18(22)29)17(28)20(11,31)16(8)27/h2-4,10-12,15,23-24,26,28,30-31H,21H2,1H3,(H2,22,29)/t10?,11?,12-,15-,19+,20-/m0/s1. The van der Waals surface area contributed by atoms with Gasteiger partial charge in [0.15, 0.2) is 11.4 Å². The van der Waals surface area contributed by atoms with Gasteiger partial charge in [-0.05, 0) is 18.6 Å². The molecular formula is C20H20N2O9. The van der Waals surface area contributed by atoms with Crippen molar-refractivity contribution in [3.8, 4) is 5.75 Å². The van der Waals surface area contributed by atoms with Crippen LogP contribution in [0.3, 0.4) is 0 Å². The van der Waals surface area contributed by atoms with E-state index in [4.69, 9.17) is 11.5 Å². The molecule has 1 aromatic carbocycles. The summed E-state index contributed by atoms with van der Waals surface area (Å²) >= 11 is 0. The van der Waals surface area contributed by atoms with Crippen LogP contribution in [-0.2, 0) is 20.0 Å². The van der Waals surface area contributed by atoms with E-state index in [1.165, 1.54) is 25.1 Å². The van der Waals surface area contributed by atoms with Crippen molar-refractivity contribution in [1.82, 2.24) is 0 Å². The molecule has 10 N–H and O–H groups in total. The molecular weight excluding hydrogens is 412 g/mol. The Morgan fingerprint density at radius 3 is 2.32 bits per heavy atom. The summed E-state index contributed by atoms with van der Waals surface area (Å²) in [5, 5.41) is 65.1. The third-order valence-electron chi connectivity index (χ3n) is 6.56. The SMILES string of the molecule is C[C@@]1(O)c2cccc(O)c2C(O)=C2C(=O)[C@]3(O)C(O)=C(C(N)=O)C(=O)[C@@H](N)C3[C@@H](O)C21. The minimum atomic E-state index is -3.09. The highest BCUT2D eigenvalue weighted by atomic mass is 16.4. The first-order chi connectivity index (χ1) is 14.3. The fourth-order valence-electron chi connectivity index (χ4n) is 5.12. The summed E-state index contributed by atoms with van der Waals surface area (Å²) in [5.41, 5.74) is 3.65. The topological polar surface area (TPSA) is 225 Å². The van der Waals surface area contributed by atoms with Gasteiger partial charge in [0.2, 0.25) is 5.78 Å². The van der Waals surface area contributed by atoms with Gasteiger partial charge in [0.25, 0.3) is 5.91 Å². The zero-order valence-electron chi connectivity index (χ0n) is 16.1. The number of carbonyl (C=O) groups excluding carboxylic acids is 3. The van der Waals surface area contributed by atoms with E-state index in [9.17, 15) is 45.0 Å². The summed E-state index contributed by atoms with van der Waals surface area (Å²) in [7, 11) is 0. The number of phenolic OH excluding ortho intramolecular Hbond substituents is 1. The molecule has 31 heavy (non-hydrogen) atoms. The third-order valence-corrected chi connectivity index (χ3v) is 6.56. The zero-order chi connectivity index (χ0) is 23.2. The van der Waals surface area contributed by atoms with Crippen molar-refractivity contribution < 1.29 is 45.0 Å². The van der Waals surface area contributed by atoms with Crippen LogP contribution in [0.25, 0.3) is 5.76 Å². The number of phenols is 1. The monoisotopic (exact) mass is 432 g/mol. The van der Waals surface area contributed by atoms with Crippen LogP contribution < -0.4 is 11.5 Å².